The number of hydrogen-bond acceptors (Lipinski definition) is 5. The minimum absolute atomic E-state index is 0.0403. The monoisotopic (exact) mass is 554 g/mol. The average molecular weight is 554 g/mol. The highest BCUT2D eigenvalue weighted by atomic mass is 127. The number of fused-ring (bicyclic) bond motifs is 2. The van der Waals surface area contributed by atoms with Crippen LogP contribution in [0.1, 0.15) is 61.8 Å². The molecule has 1 atom stereocenters. The van der Waals surface area contributed by atoms with Crippen molar-refractivity contribution in [3.8, 4) is 0 Å². The number of unbranched alkanes of at least 4 members (excludes halogenated alkanes) is 1. The van der Waals surface area contributed by atoms with Crippen molar-refractivity contribution >= 4 is 39.6 Å². The predicted octanol–water partition coefficient (Wildman–Crippen LogP) is 4.73. The molecule has 3 N–H and O–H groups in total. The number of hydrogen-bond donors (Lipinski definition) is 2. The van der Waals surface area contributed by atoms with Crippen LogP contribution in [0.15, 0.2) is 12.1 Å². The fourth-order valence-corrected chi connectivity index (χ4v) is 4.97. The zero-order valence-corrected chi connectivity index (χ0v) is 20.6. The highest BCUT2D eigenvalue weighted by Crippen LogP contribution is 2.37. The van der Waals surface area contributed by atoms with Crippen molar-refractivity contribution in [2.75, 3.05) is 18.8 Å². The summed E-state index contributed by atoms with van der Waals surface area (Å²) in [6.45, 7) is 6.92. The molecule has 0 saturated carbocycles. The van der Waals surface area contributed by atoms with Gasteiger partial charge in [0, 0.05) is 16.5 Å². The summed E-state index contributed by atoms with van der Waals surface area (Å²) in [5.41, 5.74) is 9.66. The Balaban J connectivity index is 1.60. The molecule has 0 radical (unpaired) electrons. The molecule has 1 aliphatic carbocycles. The fourth-order valence-electron chi connectivity index (χ4n) is 4.25. The normalized spacial score (nSPS) is 15.8. The second kappa shape index (κ2) is 9.94. The highest BCUT2D eigenvalue weighted by molar-refractivity contribution is 14.1. The van der Waals surface area contributed by atoms with Crippen LogP contribution in [-0.4, -0.2) is 32.6 Å². The summed E-state index contributed by atoms with van der Waals surface area (Å²) in [5, 5.41) is 3.44. The first-order chi connectivity index (χ1) is 15.3. The van der Waals surface area contributed by atoms with Gasteiger partial charge >= 0.3 is 6.08 Å². The molecule has 0 spiro atoms. The quantitative estimate of drug-likeness (QED) is 0.227. The van der Waals surface area contributed by atoms with E-state index in [1.54, 1.807) is 0 Å². The number of nitrogens with two attached hydrogens (primary N) is 1. The van der Waals surface area contributed by atoms with Crippen LogP contribution < -0.4 is 11.1 Å². The van der Waals surface area contributed by atoms with Gasteiger partial charge in [0.1, 0.15) is 12.0 Å². The molecule has 2 heterocycles. The van der Waals surface area contributed by atoms with Gasteiger partial charge in [0.25, 0.3) is 0 Å². The van der Waals surface area contributed by atoms with E-state index in [1.807, 2.05) is 10.6 Å². The zero-order chi connectivity index (χ0) is 22.8. The third-order valence-corrected chi connectivity index (χ3v) is 6.88. The van der Waals surface area contributed by atoms with Gasteiger partial charge in [0.2, 0.25) is 0 Å². The van der Waals surface area contributed by atoms with Crippen LogP contribution in [-0.2, 0) is 19.4 Å². The molecule has 0 fully saturated rings. The van der Waals surface area contributed by atoms with E-state index in [0.29, 0.717) is 36.5 Å². The number of alkyl halides is 1. The lowest BCUT2D eigenvalue weighted by Crippen LogP contribution is -2.21. The van der Waals surface area contributed by atoms with Crippen LogP contribution >= 0.6 is 22.6 Å². The maximum Gasteiger partial charge on any atom is 0.312 e. The molecule has 0 aliphatic heterocycles. The molecule has 1 unspecified atom stereocenters. The molecule has 32 heavy (non-hydrogen) atoms. The van der Waals surface area contributed by atoms with Crippen molar-refractivity contribution in [2.45, 2.75) is 58.7 Å². The van der Waals surface area contributed by atoms with Crippen molar-refractivity contribution < 1.29 is 8.78 Å². The van der Waals surface area contributed by atoms with Crippen LogP contribution in [0, 0.1) is 15.6 Å². The molecular weight excluding hydrogens is 525 g/mol. The molecule has 0 bridgehead atoms. The van der Waals surface area contributed by atoms with Gasteiger partial charge in [-0.25, -0.2) is 9.37 Å². The number of benzene rings is 1. The number of aromatic nitrogens is 4. The molecule has 0 amide bonds. The predicted molar refractivity (Wildman–Crippen MR) is 131 cm³/mol. The smallest absolute Gasteiger partial charge is 0.312 e. The minimum Gasteiger partial charge on any atom is -0.382 e. The van der Waals surface area contributed by atoms with E-state index < -0.39 is 12.2 Å². The third-order valence-electron chi connectivity index (χ3n) is 5.87. The van der Waals surface area contributed by atoms with Gasteiger partial charge in [0.05, 0.1) is 0 Å². The summed E-state index contributed by atoms with van der Waals surface area (Å²) in [5.74, 6) is 1.40. The van der Waals surface area contributed by atoms with Crippen molar-refractivity contribution in [2.24, 2.45) is 5.92 Å². The molecule has 3 aromatic rings. The Morgan fingerprint density at radius 2 is 2.06 bits per heavy atom. The van der Waals surface area contributed by atoms with Gasteiger partial charge in [-0.1, -0.05) is 19.9 Å². The first-order valence-corrected chi connectivity index (χ1v) is 12.3. The number of halogens is 3. The lowest BCUT2D eigenvalue weighted by molar-refractivity contribution is 0.343. The lowest BCUT2D eigenvalue weighted by Gasteiger charge is -2.12. The summed E-state index contributed by atoms with van der Waals surface area (Å²) in [4.78, 5) is 12.3. The van der Waals surface area contributed by atoms with Crippen LogP contribution in [0.25, 0.3) is 11.2 Å². The second-order valence-corrected chi connectivity index (χ2v) is 10.0. The molecule has 172 valence electrons. The number of aryl methyl sites for hydroxylation is 2. The lowest BCUT2D eigenvalue weighted by atomic mass is 10.0. The van der Waals surface area contributed by atoms with E-state index in [-0.39, 0.29) is 5.82 Å². The molecule has 0 saturated heterocycles. The Morgan fingerprint density at radius 3 is 2.84 bits per heavy atom. The molecule has 6 nitrogen and oxygen atoms in total. The fraction of sp³-hybridized carbons (Fsp3) is 0.522. The van der Waals surface area contributed by atoms with Crippen molar-refractivity contribution in [3.63, 3.8) is 0 Å². The zero-order valence-electron chi connectivity index (χ0n) is 18.5. The number of rotatable bonds is 9. The largest absolute Gasteiger partial charge is 0.382 e. The van der Waals surface area contributed by atoms with Crippen LogP contribution in [0.3, 0.4) is 0 Å². The Labute approximate surface area is 200 Å². The van der Waals surface area contributed by atoms with Gasteiger partial charge < -0.3 is 15.6 Å². The van der Waals surface area contributed by atoms with Crippen LogP contribution in [0.5, 0.6) is 0 Å². The summed E-state index contributed by atoms with van der Waals surface area (Å²) >= 11 is 2.30. The number of imidazole rings is 1. The van der Waals surface area contributed by atoms with E-state index in [0.717, 1.165) is 58.4 Å². The second-order valence-electron chi connectivity index (χ2n) is 8.86. The van der Waals surface area contributed by atoms with Crippen LogP contribution in [0.4, 0.5) is 14.6 Å². The molecule has 4 rings (SSSR count). The number of nitrogens with one attached hydrogen (secondary N) is 1. The summed E-state index contributed by atoms with van der Waals surface area (Å²) in [7, 11) is 0. The maximum absolute atomic E-state index is 14.3. The summed E-state index contributed by atoms with van der Waals surface area (Å²) < 4.78 is 31.3. The van der Waals surface area contributed by atoms with Crippen molar-refractivity contribution in [1.82, 2.24) is 24.8 Å². The van der Waals surface area contributed by atoms with Crippen molar-refractivity contribution in [1.29, 1.82) is 0 Å². The average Bonchev–Trinajstić information content (AvgIpc) is 3.25. The summed E-state index contributed by atoms with van der Waals surface area (Å²) in [6, 6.07) is 4.04. The molecular formula is C23H29F2IN6. The first-order valence-electron chi connectivity index (χ1n) is 11.2. The molecule has 1 aromatic carbocycles. The van der Waals surface area contributed by atoms with Crippen LogP contribution in [0.2, 0.25) is 0 Å². The minimum atomic E-state index is -0.909. The van der Waals surface area contributed by atoms with Gasteiger partial charge in [-0.05, 0) is 90.0 Å². The molecule has 2 aromatic heterocycles. The Kier molecular flexibility index (Phi) is 7.24. The Hall–Kier alpha value is -1.88. The molecule has 9 heteroatoms. The number of anilines is 1. The number of nitrogens with zero attached hydrogens (tertiary/aromatic N) is 4. The highest BCUT2D eigenvalue weighted by Gasteiger charge is 2.24. The van der Waals surface area contributed by atoms with E-state index in [9.17, 15) is 8.78 Å². The van der Waals surface area contributed by atoms with E-state index in [2.05, 4.69) is 62.8 Å². The maximum atomic E-state index is 14.3. The van der Waals surface area contributed by atoms with E-state index in [1.165, 1.54) is 0 Å². The van der Waals surface area contributed by atoms with Gasteiger partial charge in [-0.3, -0.25) is 0 Å². The SMILES string of the molecule is CC(C)CNCCCCn1c(Cc2cc3c(cc2I)CCC3F)nc2c(N)nc(F)nc21. The van der Waals surface area contributed by atoms with E-state index in [4.69, 9.17) is 5.73 Å². The third kappa shape index (κ3) is 5.03. The Morgan fingerprint density at radius 1 is 1.25 bits per heavy atom. The topological polar surface area (TPSA) is 81.7 Å². The summed E-state index contributed by atoms with van der Waals surface area (Å²) in [6.07, 6.45) is 1.94. The van der Waals surface area contributed by atoms with Gasteiger partial charge in [-0.15, -0.1) is 0 Å². The standard InChI is InChI=1S/C23H29F2IN6/c1-13(2)12-28-7-3-4-8-32-19(29-20-21(27)30-23(25)31-22(20)32)11-15-9-16-14(10-18(15)26)5-6-17(16)24/h9-10,13,17,28H,3-8,11-12H2,1-2H3,(H2,27,30,31). The van der Waals surface area contributed by atoms with E-state index >= 15 is 0 Å². The Bertz CT molecular complexity index is 1110. The molecule has 1 aliphatic rings. The van der Waals surface area contributed by atoms with Crippen molar-refractivity contribution in [3.05, 3.63) is 44.3 Å². The van der Waals surface area contributed by atoms with Gasteiger partial charge in [-0.2, -0.15) is 14.4 Å². The first kappa shape index (κ1) is 23.3. The van der Waals surface area contributed by atoms with Gasteiger partial charge in [0.15, 0.2) is 17.0 Å². The number of nitrogen functional groups attached to an aromatic ring is 1.